The van der Waals surface area contributed by atoms with Crippen LogP contribution in [0.15, 0.2) is 60.9 Å². The van der Waals surface area contributed by atoms with E-state index >= 15 is 0 Å². The molecule has 0 unspecified atom stereocenters. The standard InChI is InChI=1S/C27H30FN3O3/c1-27(2,30-25(32)15-19-4-7-24(28)8-5-19)26(33)31-11-12-34-18-21(17-31)13-20-3-6-22-9-10-29-16-23(22)14-20/h3-10,14,16,21H,11-13,15,17-18H2,1-2H3,(H,30,32)/t21-/m0/s1. The van der Waals surface area contributed by atoms with E-state index in [2.05, 4.69) is 28.5 Å². The number of amides is 2. The van der Waals surface area contributed by atoms with Gasteiger partial charge in [-0.3, -0.25) is 14.6 Å². The van der Waals surface area contributed by atoms with Gasteiger partial charge in [-0.15, -0.1) is 0 Å². The molecule has 0 spiro atoms. The normalized spacial score (nSPS) is 16.8. The van der Waals surface area contributed by atoms with Gasteiger partial charge in [0.1, 0.15) is 11.4 Å². The van der Waals surface area contributed by atoms with Crippen LogP contribution in [0.4, 0.5) is 4.39 Å². The van der Waals surface area contributed by atoms with Gasteiger partial charge in [-0.2, -0.15) is 0 Å². The van der Waals surface area contributed by atoms with E-state index in [1.807, 2.05) is 12.3 Å². The molecule has 0 radical (unpaired) electrons. The summed E-state index contributed by atoms with van der Waals surface area (Å²) in [6.07, 6.45) is 4.51. The molecule has 4 rings (SSSR count). The van der Waals surface area contributed by atoms with Crippen LogP contribution < -0.4 is 5.32 Å². The maximum atomic E-state index is 13.4. The van der Waals surface area contributed by atoms with Crippen molar-refractivity contribution < 1.29 is 18.7 Å². The molecule has 2 heterocycles. The quantitative estimate of drug-likeness (QED) is 0.607. The first kappa shape index (κ1) is 23.8. The predicted molar refractivity (Wildman–Crippen MR) is 129 cm³/mol. The maximum Gasteiger partial charge on any atom is 0.247 e. The molecule has 178 valence electrons. The van der Waals surface area contributed by atoms with Crippen LogP contribution in [0.25, 0.3) is 10.8 Å². The van der Waals surface area contributed by atoms with Crippen LogP contribution in [-0.2, 0) is 27.2 Å². The molecule has 1 fully saturated rings. The lowest BCUT2D eigenvalue weighted by molar-refractivity contribution is -0.140. The van der Waals surface area contributed by atoms with Crippen LogP contribution in [0.5, 0.6) is 0 Å². The number of fused-ring (bicyclic) bond motifs is 1. The van der Waals surface area contributed by atoms with Crippen molar-refractivity contribution in [2.45, 2.75) is 32.2 Å². The number of carbonyl (C=O) groups excluding carboxylic acids is 2. The summed E-state index contributed by atoms with van der Waals surface area (Å²) in [5.41, 5.74) is 0.798. The SMILES string of the molecule is CC(C)(NC(=O)Cc1ccc(F)cc1)C(=O)N1CCOC[C@@H](Cc2ccc3ccncc3c2)C1. The minimum atomic E-state index is -1.07. The lowest BCUT2D eigenvalue weighted by Gasteiger charge is -2.33. The number of rotatable bonds is 6. The molecule has 1 N–H and O–H groups in total. The molecule has 1 aromatic heterocycles. The Kier molecular flexibility index (Phi) is 7.22. The monoisotopic (exact) mass is 463 g/mol. The summed E-state index contributed by atoms with van der Waals surface area (Å²) in [4.78, 5) is 31.9. The number of ether oxygens (including phenoxy) is 1. The van der Waals surface area contributed by atoms with E-state index in [1.165, 1.54) is 17.7 Å². The highest BCUT2D eigenvalue weighted by Gasteiger charge is 2.35. The summed E-state index contributed by atoms with van der Waals surface area (Å²) in [7, 11) is 0. The highest BCUT2D eigenvalue weighted by Crippen LogP contribution is 2.20. The lowest BCUT2D eigenvalue weighted by Crippen LogP contribution is -2.57. The molecular weight excluding hydrogens is 433 g/mol. The van der Waals surface area contributed by atoms with E-state index in [4.69, 9.17) is 4.74 Å². The van der Waals surface area contributed by atoms with Crippen molar-refractivity contribution in [3.8, 4) is 0 Å². The van der Waals surface area contributed by atoms with Crippen molar-refractivity contribution >= 4 is 22.6 Å². The Hall–Kier alpha value is -3.32. The smallest absolute Gasteiger partial charge is 0.247 e. The van der Waals surface area contributed by atoms with Crippen LogP contribution >= 0.6 is 0 Å². The summed E-state index contributed by atoms with van der Waals surface area (Å²) in [5, 5.41) is 5.08. The van der Waals surface area contributed by atoms with Gasteiger partial charge < -0.3 is 15.0 Å². The minimum Gasteiger partial charge on any atom is -0.379 e. The molecule has 1 aliphatic rings. The third kappa shape index (κ3) is 5.97. The lowest BCUT2D eigenvalue weighted by atomic mass is 9.96. The van der Waals surface area contributed by atoms with Crippen molar-refractivity contribution in [3.63, 3.8) is 0 Å². The molecule has 0 saturated carbocycles. The van der Waals surface area contributed by atoms with Gasteiger partial charge >= 0.3 is 0 Å². The van der Waals surface area contributed by atoms with Gasteiger partial charge in [0.25, 0.3) is 0 Å². The second-order valence-electron chi connectivity index (χ2n) is 9.43. The zero-order valence-corrected chi connectivity index (χ0v) is 19.6. The van der Waals surface area contributed by atoms with Gasteiger partial charge in [0.2, 0.25) is 11.8 Å². The summed E-state index contributed by atoms with van der Waals surface area (Å²) in [5.74, 6) is -0.625. The zero-order chi connectivity index (χ0) is 24.1. The van der Waals surface area contributed by atoms with Gasteiger partial charge in [-0.25, -0.2) is 4.39 Å². The molecule has 2 aromatic carbocycles. The van der Waals surface area contributed by atoms with E-state index in [-0.39, 0.29) is 30.0 Å². The molecule has 3 aromatic rings. The first-order chi connectivity index (χ1) is 16.3. The van der Waals surface area contributed by atoms with Crippen LogP contribution in [0.2, 0.25) is 0 Å². The number of halogens is 1. The van der Waals surface area contributed by atoms with Gasteiger partial charge in [0, 0.05) is 36.8 Å². The molecule has 1 aliphatic heterocycles. The van der Waals surface area contributed by atoms with Crippen molar-refractivity contribution in [2.24, 2.45) is 5.92 Å². The molecule has 0 aliphatic carbocycles. The zero-order valence-electron chi connectivity index (χ0n) is 19.6. The Balaban J connectivity index is 1.39. The Morgan fingerprint density at radius 2 is 1.88 bits per heavy atom. The first-order valence-electron chi connectivity index (χ1n) is 11.6. The Morgan fingerprint density at radius 1 is 1.12 bits per heavy atom. The molecule has 6 nitrogen and oxygen atoms in total. The molecule has 2 amide bonds. The Labute approximate surface area is 199 Å². The van der Waals surface area contributed by atoms with Crippen molar-refractivity contribution in [1.29, 1.82) is 0 Å². The van der Waals surface area contributed by atoms with Gasteiger partial charge in [0.15, 0.2) is 0 Å². The minimum absolute atomic E-state index is 0.0829. The third-order valence-electron chi connectivity index (χ3n) is 6.12. The molecular formula is C27H30FN3O3. The highest BCUT2D eigenvalue weighted by molar-refractivity contribution is 5.91. The summed E-state index contributed by atoms with van der Waals surface area (Å²) in [6.45, 7) is 5.51. The number of hydrogen-bond acceptors (Lipinski definition) is 4. The van der Waals surface area contributed by atoms with Crippen molar-refractivity contribution in [2.75, 3.05) is 26.3 Å². The summed E-state index contributed by atoms with van der Waals surface area (Å²) in [6, 6.07) is 14.1. The molecule has 1 saturated heterocycles. The van der Waals surface area contributed by atoms with E-state index in [0.29, 0.717) is 31.9 Å². The predicted octanol–water partition coefficient (Wildman–Crippen LogP) is 3.53. The average molecular weight is 464 g/mol. The van der Waals surface area contributed by atoms with Gasteiger partial charge in [0.05, 0.1) is 19.6 Å². The maximum absolute atomic E-state index is 13.4. The van der Waals surface area contributed by atoms with E-state index in [9.17, 15) is 14.0 Å². The van der Waals surface area contributed by atoms with E-state index < -0.39 is 5.54 Å². The van der Waals surface area contributed by atoms with Gasteiger partial charge in [-0.05, 0) is 61.0 Å². The van der Waals surface area contributed by atoms with Crippen LogP contribution in [0.3, 0.4) is 0 Å². The van der Waals surface area contributed by atoms with Crippen molar-refractivity contribution in [3.05, 3.63) is 77.9 Å². The topological polar surface area (TPSA) is 71.5 Å². The highest BCUT2D eigenvalue weighted by atomic mass is 19.1. The third-order valence-corrected chi connectivity index (χ3v) is 6.12. The summed E-state index contributed by atoms with van der Waals surface area (Å²) < 4.78 is 18.9. The van der Waals surface area contributed by atoms with E-state index in [1.54, 1.807) is 37.1 Å². The Bertz CT molecular complexity index is 1160. The number of carbonyl (C=O) groups is 2. The fraction of sp³-hybridized carbons (Fsp3) is 0.370. The van der Waals surface area contributed by atoms with Crippen LogP contribution in [0, 0.1) is 11.7 Å². The van der Waals surface area contributed by atoms with Crippen LogP contribution in [0.1, 0.15) is 25.0 Å². The fourth-order valence-corrected chi connectivity index (χ4v) is 4.41. The second-order valence-corrected chi connectivity index (χ2v) is 9.43. The Morgan fingerprint density at radius 3 is 2.68 bits per heavy atom. The van der Waals surface area contributed by atoms with Crippen molar-refractivity contribution in [1.82, 2.24) is 15.2 Å². The number of nitrogens with zero attached hydrogens (tertiary/aromatic N) is 2. The molecule has 34 heavy (non-hydrogen) atoms. The average Bonchev–Trinajstić information content (AvgIpc) is 3.05. The number of benzene rings is 2. The fourth-order valence-electron chi connectivity index (χ4n) is 4.41. The number of aromatic nitrogens is 1. The largest absolute Gasteiger partial charge is 0.379 e. The second kappa shape index (κ2) is 10.3. The molecule has 0 bridgehead atoms. The van der Waals surface area contributed by atoms with Gasteiger partial charge in [-0.1, -0.05) is 24.3 Å². The van der Waals surface area contributed by atoms with Crippen LogP contribution in [-0.4, -0.2) is 53.5 Å². The number of hydrogen-bond donors (Lipinski definition) is 1. The van der Waals surface area contributed by atoms with E-state index in [0.717, 1.165) is 17.2 Å². The first-order valence-corrected chi connectivity index (χ1v) is 11.6. The summed E-state index contributed by atoms with van der Waals surface area (Å²) >= 11 is 0. The molecule has 1 atom stereocenters. The number of pyridine rings is 1. The molecule has 7 heteroatoms. The number of nitrogens with one attached hydrogen (secondary N) is 1.